The molecule has 1 heterocycles. The molecule has 0 saturated heterocycles. The van der Waals surface area contributed by atoms with Crippen molar-refractivity contribution in [1.82, 2.24) is 4.98 Å². The number of nitrogens with zero attached hydrogens (tertiary/aromatic N) is 1. The molecule has 0 bridgehead atoms. The Bertz CT molecular complexity index is 395. The fourth-order valence-electron chi connectivity index (χ4n) is 2.50. The number of pyridine rings is 1. The summed E-state index contributed by atoms with van der Waals surface area (Å²) < 4.78 is 0. The van der Waals surface area contributed by atoms with E-state index in [1.165, 1.54) is 12.8 Å². The van der Waals surface area contributed by atoms with Crippen LogP contribution in [0.1, 0.15) is 38.2 Å². The van der Waals surface area contributed by atoms with Crippen LogP contribution in [0.2, 0.25) is 0 Å². The van der Waals surface area contributed by atoms with E-state index in [1.807, 2.05) is 0 Å². The molecule has 0 spiro atoms. The average molecular weight is 232 g/mol. The van der Waals surface area contributed by atoms with Crippen molar-refractivity contribution in [2.24, 2.45) is 11.8 Å². The lowest BCUT2D eigenvalue weighted by atomic mass is 9.80. The number of nitrogen functional groups attached to an aromatic ring is 1. The molecule has 2 N–H and O–H groups in total. The van der Waals surface area contributed by atoms with Crippen LogP contribution in [0.4, 0.5) is 5.69 Å². The second kappa shape index (κ2) is 5.30. The van der Waals surface area contributed by atoms with Gasteiger partial charge in [-0.05, 0) is 24.8 Å². The van der Waals surface area contributed by atoms with Crippen LogP contribution in [-0.4, -0.2) is 10.8 Å². The van der Waals surface area contributed by atoms with Gasteiger partial charge in [0.2, 0.25) is 0 Å². The summed E-state index contributed by atoms with van der Waals surface area (Å²) in [7, 11) is 0. The highest BCUT2D eigenvalue weighted by atomic mass is 16.1. The molecule has 1 aromatic rings. The molecule has 3 heteroatoms. The fourth-order valence-corrected chi connectivity index (χ4v) is 2.50. The zero-order chi connectivity index (χ0) is 12.3. The Morgan fingerprint density at radius 2 is 2.12 bits per heavy atom. The lowest BCUT2D eigenvalue weighted by molar-refractivity contribution is -0.123. The first-order chi connectivity index (χ1) is 8.16. The molecule has 1 aliphatic carbocycles. The maximum atomic E-state index is 12.1. The maximum absolute atomic E-state index is 12.1. The van der Waals surface area contributed by atoms with Crippen molar-refractivity contribution in [1.29, 1.82) is 0 Å². The van der Waals surface area contributed by atoms with Gasteiger partial charge in [0, 0.05) is 36.0 Å². The van der Waals surface area contributed by atoms with Gasteiger partial charge >= 0.3 is 0 Å². The smallest absolute Gasteiger partial charge is 0.140 e. The van der Waals surface area contributed by atoms with E-state index in [1.54, 1.807) is 18.5 Å². The van der Waals surface area contributed by atoms with E-state index in [0.717, 1.165) is 24.3 Å². The summed E-state index contributed by atoms with van der Waals surface area (Å²) in [6.45, 7) is 2.26. The first-order valence-corrected chi connectivity index (χ1v) is 6.38. The number of carbonyl (C=O) groups excluding carboxylic acids is 1. The molecule has 17 heavy (non-hydrogen) atoms. The summed E-state index contributed by atoms with van der Waals surface area (Å²) in [6, 6.07) is 1.76. The quantitative estimate of drug-likeness (QED) is 0.871. The van der Waals surface area contributed by atoms with Crippen molar-refractivity contribution in [2.45, 2.75) is 39.0 Å². The predicted molar refractivity (Wildman–Crippen MR) is 68.5 cm³/mol. The van der Waals surface area contributed by atoms with Gasteiger partial charge in [-0.15, -0.1) is 0 Å². The molecule has 1 aromatic heterocycles. The minimum atomic E-state index is 0.241. The normalized spacial score (nSPS) is 24.5. The number of anilines is 1. The summed E-state index contributed by atoms with van der Waals surface area (Å²) in [6.07, 6.45) is 8.25. The molecule has 0 amide bonds. The second-order valence-electron chi connectivity index (χ2n) is 5.17. The van der Waals surface area contributed by atoms with E-state index < -0.39 is 0 Å². The number of hydrogen-bond acceptors (Lipinski definition) is 3. The van der Waals surface area contributed by atoms with Crippen molar-refractivity contribution in [2.75, 3.05) is 5.73 Å². The van der Waals surface area contributed by atoms with Gasteiger partial charge < -0.3 is 5.73 Å². The minimum Gasteiger partial charge on any atom is -0.398 e. The standard InChI is InChI=1S/C14H20N2O/c1-10-2-4-11(5-3-10)14(17)8-12-9-16-7-6-13(12)15/h6-7,9-11H,2-5,8H2,1H3,(H2,15,16). The summed E-state index contributed by atoms with van der Waals surface area (Å²) in [5, 5.41) is 0. The zero-order valence-electron chi connectivity index (χ0n) is 10.4. The Kier molecular flexibility index (Phi) is 3.77. The Balaban J connectivity index is 1.95. The van der Waals surface area contributed by atoms with Crippen molar-refractivity contribution in [3.63, 3.8) is 0 Å². The Labute approximate surface area is 102 Å². The lowest BCUT2D eigenvalue weighted by Crippen LogP contribution is -2.22. The molecular weight excluding hydrogens is 212 g/mol. The first kappa shape index (κ1) is 12.1. The Hall–Kier alpha value is -1.38. The number of nitrogens with two attached hydrogens (primary N) is 1. The topological polar surface area (TPSA) is 56.0 Å². The van der Waals surface area contributed by atoms with E-state index in [9.17, 15) is 4.79 Å². The third kappa shape index (κ3) is 3.05. The molecular formula is C14H20N2O. The van der Waals surface area contributed by atoms with E-state index >= 15 is 0 Å². The first-order valence-electron chi connectivity index (χ1n) is 6.38. The lowest BCUT2D eigenvalue weighted by Gasteiger charge is -2.25. The predicted octanol–water partition coefficient (Wildman–Crippen LogP) is 2.60. The molecule has 3 nitrogen and oxygen atoms in total. The number of aromatic nitrogens is 1. The monoisotopic (exact) mass is 232 g/mol. The van der Waals surface area contributed by atoms with E-state index in [2.05, 4.69) is 11.9 Å². The fraction of sp³-hybridized carbons (Fsp3) is 0.571. The molecule has 0 radical (unpaired) electrons. The zero-order valence-corrected chi connectivity index (χ0v) is 10.4. The highest BCUT2D eigenvalue weighted by Gasteiger charge is 2.24. The molecule has 0 atom stereocenters. The molecule has 1 fully saturated rings. The maximum Gasteiger partial charge on any atom is 0.140 e. The second-order valence-corrected chi connectivity index (χ2v) is 5.17. The summed E-state index contributed by atoms with van der Waals surface area (Å²) in [5.74, 6) is 1.35. The van der Waals surface area contributed by atoms with Crippen LogP contribution >= 0.6 is 0 Å². The minimum absolute atomic E-state index is 0.241. The van der Waals surface area contributed by atoms with E-state index in [-0.39, 0.29) is 5.92 Å². The number of carbonyl (C=O) groups is 1. The molecule has 0 aromatic carbocycles. The summed E-state index contributed by atoms with van der Waals surface area (Å²) >= 11 is 0. The van der Waals surface area contributed by atoms with Gasteiger partial charge in [0.05, 0.1) is 0 Å². The van der Waals surface area contributed by atoms with Crippen LogP contribution in [0.15, 0.2) is 18.5 Å². The van der Waals surface area contributed by atoms with Crippen LogP contribution in [0, 0.1) is 11.8 Å². The third-order valence-electron chi connectivity index (χ3n) is 3.78. The van der Waals surface area contributed by atoms with Crippen molar-refractivity contribution < 1.29 is 4.79 Å². The van der Waals surface area contributed by atoms with Crippen LogP contribution in [0.5, 0.6) is 0 Å². The van der Waals surface area contributed by atoms with Crippen LogP contribution in [-0.2, 0) is 11.2 Å². The molecule has 0 aliphatic heterocycles. The number of Topliss-reactive ketones (excluding diaryl/α,β-unsaturated/α-hetero) is 1. The van der Waals surface area contributed by atoms with Crippen molar-refractivity contribution in [3.05, 3.63) is 24.0 Å². The van der Waals surface area contributed by atoms with Crippen LogP contribution in [0.3, 0.4) is 0 Å². The van der Waals surface area contributed by atoms with Crippen LogP contribution in [0.25, 0.3) is 0 Å². The highest BCUT2D eigenvalue weighted by molar-refractivity contribution is 5.84. The molecule has 2 rings (SSSR count). The van der Waals surface area contributed by atoms with Gasteiger partial charge in [0.1, 0.15) is 5.78 Å². The number of ketones is 1. The van der Waals surface area contributed by atoms with Gasteiger partial charge in [0.15, 0.2) is 0 Å². The third-order valence-corrected chi connectivity index (χ3v) is 3.78. The van der Waals surface area contributed by atoms with E-state index in [4.69, 9.17) is 5.73 Å². The van der Waals surface area contributed by atoms with E-state index in [0.29, 0.717) is 17.9 Å². The number of hydrogen-bond donors (Lipinski definition) is 1. The Morgan fingerprint density at radius 3 is 2.76 bits per heavy atom. The van der Waals surface area contributed by atoms with Gasteiger partial charge in [-0.1, -0.05) is 19.8 Å². The summed E-state index contributed by atoms with van der Waals surface area (Å²) in [4.78, 5) is 16.2. The molecule has 1 aliphatic rings. The molecule has 1 saturated carbocycles. The van der Waals surface area contributed by atoms with Crippen LogP contribution < -0.4 is 5.73 Å². The van der Waals surface area contributed by atoms with Crippen molar-refractivity contribution >= 4 is 11.5 Å². The molecule has 92 valence electrons. The van der Waals surface area contributed by atoms with Gasteiger partial charge in [-0.3, -0.25) is 9.78 Å². The van der Waals surface area contributed by atoms with Crippen molar-refractivity contribution in [3.8, 4) is 0 Å². The highest BCUT2D eigenvalue weighted by Crippen LogP contribution is 2.29. The molecule has 0 unspecified atom stereocenters. The number of rotatable bonds is 3. The average Bonchev–Trinajstić information content (AvgIpc) is 2.33. The SMILES string of the molecule is CC1CCC(C(=O)Cc2cnccc2N)CC1. The largest absolute Gasteiger partial charge is 0.398 e. The van der Waals surface area contributed by atoms with Gasteiger partial charge in [0.25, 0.3) is 0 Å². The Morgan fingerprint density at radius 1 is 1.41 bits per heavy atom. The van der Waals surface area contributed by atoms with Gasteiger partial charge in [-0.2, -0.15) is 0 Å². The van der Waals surface area contributed by atoms with Gasteiger partial charge in [-0.25, -0.2) is 0 Å². The summed E-state index contributed by atoms with van der Waals surface area (Å²) in [5.41, 5.74) is 7.38.